The predicted molar refractivity (Wildman–Crippen MR) is 66.3 cm³/mol. The molecule has 0 spiro atoms. The molecule has 0 atom stereocenters. The Balaban J connectivity index is 0.000000184. The van der Waals surface area contributed by atoms with Crippen LogP contribution in [0.2, 0.25) is 0 Å². The van der Waals surface area contributed by atoms with Crippen LogP contribution in [0.3, 0.4) is 0 Å². The first-order chi connectivity index (χ1) is 8.54. The minimum Gasteiger partial charge on any atom is -0.359 e. The molecule has 92 valence electrons. The number of carbonyl (C=O) groups excluding carboxylic acids is 2. The highest BCUT2D eigenvalue weighted by molar-refractivity contribution is 5.92. The normalized spacial score (nSPS) is 8.94. The van der Waals surface area contributed by atoms with Crippen molar-refractivity contribution in [3.63, 3.8) is 0 Å². The number of hydrogen-bond donors (Lipinski definition) is 2. The van der Waals surface area contributed by atoms with Gasteiger partial charge >= 0.3 is 0 Å². The van der Waals surface area contributed by atoms with Crippen LogP contribution < -0.4 is 0 Å². The number of nitrogens with zero attached hydrogens (tertiary/aromatic N) is 1. The lowest BCUT2D eigenvalue weighted by Crippen LogP contribution is -1.89. The second-order valence-corrected chi connectivity index (χ2v) is 3.61. The first-order valence-electron chi connectivity index (χ1n) is 5.28. The first kappa shape index (κ1) is 13.5. The number of ketones is 2. The van der Waals surface area contributed by atoms with Crippen molar-refractivity contribution in [2.24, 2.45) is 0 Å². The molecular weight excluding hydrogens is 230 g/mol. The van der Waals surface area contributed by atoms with Crippen molar-refractivity contribution in [3.8, 4) is 6.07 Å². The minimum atomic E-state index is -0.0542. The van der Waals surface area contributed by atoms with E-state index < -0.39 is 0 Å². The van der Waals surface area contributed by atoms with Crippen molar-refractivity contribution in [1.82, 2.24) is 9.97 Å². The van der Waals surface area contributed by atoms with Gasteiger partial charge in [-0.2, -0.15) is 5.26 Å². The molecule has 0 unspecified atom stereocenters. The third kappa shape index (κ3) is 3.76. The van der Waals surface area contributed by atoms with E-state index in [1.54, 1.807) is 18.3 Å². The van der Waals surface area contributed by atoms with Crippen molar-refractivity contribution in [3.05, 3.63) is 47.5 Å². The molecular formula is C13H13N3O2. The molecule has 0 fully saturated rings. The SMILES string of the molecule is CC(=O)c1cc(C#N)c[nH]1.CC(=O)c1ccc[nH]1. The Morgan fingerprint density at radius 3 is 2.11 bits per heavy atom. The zero-order valence-electron chi connectivity index (χ0n) is 10.2. The van der Waals surface area contributed by atoms with Crippen LogP contribution in [0.15, 0.2) is 30.6 Å². The fourth-order valence-electron chi connectivity index (χ4n) is 1.21. The number of Topliss-reactive ketones (excluding diaryl/α,β-unsaturated/α-hetero) is 2. The fraction of sp³-hybridized carbons (Fsp3) is 0.154. The smallest absolute Gasteiger partial charge is 0.175 e. The van der Waals surface area contributed by atoms with Gasteiger partial charge in [-0.05, 0) is 18.2 Å². The van der Waals surface area contributed by atoms with Gasteiger partial charge in [-0.25, -0.2) is 0 Å². The Hall–Kier alpha value is -2.61. The van der Waals surface area contributed by atoms with E-state index in [0.29, 0.717) is 17.0 Å². The maximum absolute atomic E-state index is 10.6. The van der Waals surface area contributed by atoms with Crippen molar-refractivity contribution in [2.75, 3.05) is 0 Å². The summed E-state index contributed by atoms with van der Waals surface area (Å²) in [5, 5.41) is 8.35. The van der Waals surface area contributed by atoms with Gasteiger partial charge in [-0.3, -0.25) is 9.59 Å². The van der Waals surface area contributed by atoms with Gasteiger partial charge in [-0.1, -0.05) is 0 Å². The topological polar surface area (TPSA) is 89.5 Å². The van der Waals surface area contributed by atoms with Crippen LogP contribution in [0.1, 0.15) is 40.4 Å². The van der Waals surface area contributed by atoms with Crippen LogP contribution in [-0.4, -0.2) is 21.5 Å². The summed E-state index contributed by atoms with van der Waals surface area (Å²) < 4.78 is 0. The van der Waals surface area contributed by atoms with Crippen LogP contribution >= 0.6 is 0 Å². The Morgan fingerprint density at radius 1 is 1.17 bits per heavy atom. The summed E-state index contributed by atoms with van der Waals surface area (Å²) in [5.74, 6) is 0.0245. The third-order valence-electron chi connectivity index (χ3n) is 2.17. The number of hydrogen-bond acceptors (Lipinski definition) is 3. The highest BCUT2D eigenvalue weighted by atomic mass is 16.1. The van der Waals surface area contributed by atoms with Crippen LogP contribution in [0, 0.1) is 11.3 Å². The summed E-state index contributed by atoms with van der Waals surface area (Å²) in [7, 11) is 0. The Bertz CT molecular complexity index is 574. The standard InChI is InChI=1S/C7H6N2O.C6H7NO/c1-5(10)7-2-6(3-8)4-9-7;1-5(8)6-3-2-4-7-6/h2,4,9H,1H3;2-4,7H,1H3. The second-order valence-electron chi connectivity index (χ2n) is 3.61. The molecule has 0 aliphatic heterocycles. The molecule has 0 aromatic carbocycles. The molecule has 0 bridgehead atoms. The lowest BCUT2D eigenvalue weighted by atomic mass is 10.3. The summed E-state index contributed by atoms with van der Waals surface area (Å²) in [6.07, 6.45) is 3.24. The lowest BCUT2D eigenvalue weighted by Gasteiger charge is -1.82. The predicted octanol–water partition coefficient (Wildman–Crippen LogP) is 2.31. The van der Waals surface area contributed by atoms with Crippen molar-refractivity contribution in [1.29, 1.82) is 5.26 Å². The largest absolute Gasteiger partial charge is 0.359 e. The molecule has 0 aliphatic carbocycles. The molecule has 18 heavy (non-hydrogen) atoms. The molecule has 0 aliphatic rings. The van der Waals surface area contributed by atoms with Crippen LogP contribution in [0.5, 0.6) is 0 Å². The van der Waals surface area contributed by atoms with Gasteiger partial charge in [0.05, 0.1) is 17.0 Å². The molecule has 2 heterocycles. The van der Waals surface area contributed by atoms with Gasteiger partial charge in [0.15, 0.2) is 11.6 Å². The first-order valence-corrected chi connectivity index (χ1v) is 5.28. The number of carbonyl (C=O) groups is 2. The van der Waals surface area contributed by atoms with E-state index in [1.807, 2.05) is 6.07 Å². The zero-order valence-corrected chi connectivity index (χ0v) is 10.2. The highest BCUT2D eigenvalue weighted by Crippen LogP contribution is 2.01. The maximum atomic E-state index is 10.6. The van der Waals surface area contributed by atoms with Crippen LogP contribution in [0.25, 0.3) is 0 Å². The van der Waals surface area contributed by atoms with Gasteiger partial charge in [0, 0.05) is 26.2 Å². The Labute approximate surface area is 104 Å². The van der Waals surface area contributed by atoms with E-state index in [2.05, 4.69) is 9.97 Å². The summed E-state index contributed by atoms with van der Waals surface area (Å²) in [4.78, 5) is 26.6. The van der Waals surface area contributed by atoms with Crippen molar-refractivity contribution in [2.45, 2.75) is 13.8 Å². The molecule has 2 rings (SSSR count). The van der Waals surface area contributed by atoms with Crippen LogP contribution in [-0.2, 0) is 0 Å². The monoisotopic (exact) mass is 243 g/mol. The molecule has 5 nitrogen and oxygen atoms in total. The zero-order chi connectivity index (χ0) is 13.5. The Kier molecular flexibility index (Phi) is 4.64. The minimum absolute atomic E-state index is 0.0542. The number of aromatic amines is 2. The summed E-state index contributed by atoms with van der Waals surface area (Å²) in [6, 6.07) is 7.00. The number of nitriles is 1. The summed E-state index contributed by atoms with van der Waals surface area (Å²) >= 11 is 0. The molecule has 5 heteroatoms. The van der Waals surface area contributed by atoms with E-state index in [1.165, 1.54) is 26.1 Å². The molecule has 0 saturated carbocycles. The summed E-state index contributed by atoms with van der Waals surface area (Å²) in [5.41, 5.74) is 1.65. The van der Waals surface area contributed by atoms with Crippen molar-refractivity contribution >= 4 is 11.6 Å². The van der Waals surface area contributed by atoms with Gasteiger partial charge < -0.3 is 9.97 Å². The fourth-order valence-corrected chi connectivity index (χ4v) is 1.21. The molecule has 0 saturated heterocycles. The quantitative estimate of drug-likeness (QED) is 0.793. The average molecular weight is 243 g/mol. The van der Waals surface area contributed by atoms with Crippen molar-refractivity contribution < 1.29 is 9.59 Å². The molecule has 0 radical (unpaired) electrons. The Morgan fingerprint density at radius 2 is 1.83 bits per heavy atom. The molecule has 0 amide bonds. The van der Waals surface area contributed by atoms with Gasteiger partial charge in [0.1, 0.15) is 6.07 Å². The van der Waals surface area contributed by atoms with E-state index >= 15 is 0 Å². The lowest BCUT2D eigenvalue weighted by molar-refractivity contribution is 0.100. The summed E-state index contributed by atoms with van der Waals surface area (Å²) in [6.45, 7) is 2.98. The number of aromatic nitrogens is 2. The molecule has 2 aromatic heterocycles. The van der Waals surface area contributed by atoms with E-state index in [4.69, 9.17) is 5.26 Å². The molecule has 2 aromatic rings. The van der Waals surface area contributed by atoms with Gasteiger partial charge in [0.2, 0.25) is 0 Å². The maximum Gasteiger partial charge on any atom is 0.175 e. The number of nitrogens with one attached hydrogen (secondary N) is 2. The van der Waals surface area contributed by atoms with Crippen LogP contribution in [0.4, 0.5) is 0 Å². The van der Waals surface area contributed by atoms with E-state index in [0.717, 1.165) is 0 Å². The second kappa shape index (κ2) is 6.21. The number of rotatable bonds is 2. The van der Waals surface area contributed by atoms with E-state index in [-0.39, 0.29) is 11.6 Å². The third-order valence-corrected chi connectivity index (χ3v) is 2.17. The molecule has 2 N–H and O–H groups in total. The van der Waals surface area contributed by atoms with E-state index in [9.17, 15) is 9.59 Å². The van der Waals surface area contributed by atoms with Gasteiger partial charge in [0.25, 0.3) is 0 Å². The van der Waals surface area contributed by atoms with Gasteiger partial charge in [-0.15, -0.1) is 0 Å². The number of H-pyrrole nitrogens is 2. The average Bonchev–Trinajstić information content (AvgIpc) is 3.01. The highest BCUT2D eigenvalue weighted by Gasteiger charge is 2.00.